The van der Waals surface area contributed by atoms with Gasteiger partial charge < -0.3 is 15.2 Å². The number of nitrogens with one attached hydrogen (secondary N) is 2. The van der Waals surface area contributed by atoms with E-state index in [0.717, 1.165) is 67.1 Å². The third-order valence-electron chi connectivity index (χ3n) is 5.08. The highest BCUT2D eigenvalue weighted by Gasteiger charge is 2.14. The van der Waals surface area contributed by atoms with Crippen LogP contribution in [-0.2, 0) is 19.4 Å². The Morgan fingerprint density at radius 1 is 1.24 bits per heavy atom. The van der Waals surface area contributed by atoms with Crippen LogP contribution in [0.1, 0.15) is 62.8 Å². The predicted octanol–water partition coefficient (Wildman–Crippen LogP) is 4.52. The number of aliphatic imine (C=N–C) groups is 1. The maximum absolute atomic E-state index is 6.32. The highest BCUT2D eigenvalue weighted by atomic mass is 127. The van der Waals surface area contributed by atoms with Crippen molar-refractivity contribution in [3.63, 3.8) is 0 Å². The number of rotatable bonds is 7. The predicted molar refractivity (Wildman–Crippen MR) is 130 cm³/mol. The molecule has 0 bridgehead atoms. The minimum absolute atomic E-state index is 0. The van der Waals surface area contributed by atoms with E-state index in [0.29, 0.717) is 0 Å². The number of aromatic nitrogens is 3. The first-order chi connectivity index (χ1) is 13.7. The van der Waals surface area contributed by atoms with E-state index in [9.17, 15) is 0 Å². The maximum Gasteiger partial charge on any atom is 0.191 e. The van der Waals surface area contributed by atoms with Gasteiger partial charge in [-0.15, -0.1) is 34.2 Å². The lowest BCUT2D eigenvalue weighted by Gasteiger charge is -2.19. The number of guanidine groups is 1. The van der Waals surface area contributed by atoms with Gasteiger partial charge in [-0.2, -0.15) is 0 Å². The summed E-state index contributed by atoms with van der Waals surface area (Å²) in [6, 6.07) is 7.99. The first-order valence-electron chi connectivity index (χ1n) is 10.4. The molecule has 0 amide bonds. The van der Waals surface area contributed by atoms with Crippen LogP contribution >= 0.6 is 35.6 Å². The molecule has 2 aromatic rings. The zero-order valence-corrected chi connectivity index (χ0v) is 20.4. The van der Waals surface area contributed by atoms with Crippen LogP contribution in [-0.4, -0.2) is 33.8 Å². The lowest BCUT2D eigenvalue weighted by molar-refractivity contribution is 0.597. The zero-order valence-electron chi connectivity index (χ0n) is 17.3. The molecular formula is C21H32ClIN6. The van der Waals surface area contributed by atoms with Crippen molar-refractivity contribution in [2.24, 2.45) is 4.99 Å². The van der Waals surface area contributed by atoms with Gasteiger partial charge in [-0.25, -0.2) is 0 Å². The highest BCUT2D eigenvalue weighted by molar-refractivity contribution is 14.0. The Morgan fingerprint density at radius 2 is 2.07 bits per heavy atom. The van der Waals surface area contributed by atoms with E-state index in [-0.39, 0.29) is 30.0 Å². The van der Waals surface area contributed by atoms with Crippen molar-refractivity contribution in [1.82, 2.24) is 25.4 Å². The fourth-order valence-corrected chi connectivity index (χ4v) is 3.89. The maximum atomic E-state index is 6.32. The van der Waals surface area contributed by atoms with Crippen LogP contribution in [0.4, 0.5) is 0 Å². The molecule has 8 heteroatoms. The van der Waals surface area contributed by atoms with Gasteiger partial charge in [0.25, 0.3) is 0 Å². The number of hydrogen-bond acceptors (Lipinski definition) is 3. The van der Waals surface area contributed by atoms with Gasteiger partial charge in [0.15, 0.2) is 5.96 Å². The summed E-state index contributed by atoms with van der Waals surface area (Å²) in [7, 11) is 0. The SMILES string of the molecule is CCNC(=NCCCc1nnc2n1CCCCC2)NC(C)c1ccccc1Cl.I. The molecule has 160 valence electrons. The van der Waals surface area contributed by atoms with Gasteiger partial charge in [0.1, 0.15) is 11.6 Å². The van der Waals surface area contributed by atoms with E-state index in [1.54, 1.807) is 0 Å². The van der Waals surface area contributed by atoms with Crippen molar-refractivity contribution in [2.75, 3.05) is 13.1 Å². The molecule has 2 N–H and O–H groups in total. The van der Waals surface area contributed by atoms with Gasteiger partial charge in [-0.1, -0.05) is 36.2 Å². The second-order valence-electron chi connectivity index (χ2n) is 7.25. The van der Waals surface area contributed by atoms with Gasteiger partial charge in [0, 0.05) is 37.5 Å². The molecule has 0 saturated heterocycles. The van der Waals surface area contributed by atoms with E-state index in [4.69, 9.17) is 16.6 Å². The van der Waals surface area contributed by atoms with Gasteiger partial charge in [0.05, 0.1) is 6.04 Å². The largest absolute Gasteiger partial charge is 0.357 e. The Labute approximate surface area is 195 Å². The number of halogens is 2. The lowest BCUT2D eigenvalue weighted by atomic mass is 10.1. The summed E-state index contributed by atoms with van der Waals surface area (Å²) in [5.74, 6) is 3.07. The molecule has 6 nitrogen and oxygen atoms in total. The summed E-state index contributed by atoms with van der Waals surface area (Å²) in [4.78, 5) is 4.73. The fourth-order valence-electron chi connectivity index (χ4n) is 3.59. The first-order valence-corrected chi connectivity index (χ1v) is 10.8. The molecule has 1 atom stereocenters. The van der Waals surface area contributed by atoms with Crippen molar-refractivity contribution < 1.29 is 0 Å². The monoisotopic (exact) mass is 530 g/mol. The zero-order chi connectivity index (χ0) is 19.8. The van der Waals surface area contributed by atoms with Crippen molar-refractivity contribution in [3.05, 3.63) is 46.5 Å². The molecule has 1 aromatic carbocycles. The standard InChI is InChI=1S/C21H31ClN6.HI/c1-3-23-21(25-16(2)17-10-6-7-11-18(17)22)24-14-9-13-20-27-26-19-12-5-4-8-15-28(19)20;/h6-7,10-11,16H,3-5,8-9,12-15H2,1-2H3,(H2,23,24,25);1H. The average Bonchev–Trinajstić information content (AvgIpc) is 2.92. The van der Waals surface area contributed by atoms with E-state index in [1.807, 2.05) is 24.3 Å². The van der Waals surface area contributed by atoms with Crippen LogP contribution in [0, 0.1) is 0 Å². The molecular weight excluding hydrogens is 499 g/mol. The van der Waals surface area contributed by atoms with Crippen LogP contribution in [0.3, 0.4) is 0 Å². The summed E-state index contributed by atoms with van der Waals surface area (Å²) in [5.41, 5.74) is 1.07. The average molecular weight is 531 g/mol. The first kappa shape index (κ1) is 23.9. The van der Waals surface area contributed by atoms with E-state index in [1.165, 1.54) is 19.3 Å². The summed E-state index contributed by atoms with van der Waals surface area (Å²) in [6.45, 7) is 6.79. The number of benzene rings is 1. The summed E-state index contributed by atoms with van der Waals surface area (Å²) < 4.78 is 2.32. The Balaban J connectivity index is 0.00000300. The normalized spacial score (nSPS) is 15.1. The number of fused-ring (bicyclic) bond motifs is 1. The molecule has 1 aliphatic rings. The third-order valence-corrected chi connectivity index (χ3v) is 5.43. The van der Waals surface area contributed by atoms with E-state index in [2.05, 4.69) is 39.2 Å². The van der Waals surface area contributed by atoms with Gasteiger partial charge >= 0.3 is 0 Å². The molecule has 0 aliphatic carbocycles. The number of nitrogens with zero attached hydrogens (tertiary/aromatic N) is 4. The van der Waals surface area contributed by atoms with Crippen LogP contribution in [0.2, 0.25) is 5.02 Å². The topological polar surface area (TPSA) is 67.1 Å². The summed E-state index contributed by atoms with van der Waals surface area (Å²) in [6.07, 6.45) is 6.66. The van der Waals surface area contributed by atoms with E-state index >= 15 is 0 Å². The van der Waals surface area contributed by atoms with Crippen LogP contribution in [0.25, 0.3) is 0 Å². The van der Waals surface area contributed by atoms with Crippen LogP contribution in [0.5, 0.6) is 0 Å². The van der Waals surface area contributed by atoms with Gasteiger partial charge in [0.2, 0.25) is 0 Å². The van der Waals surface area contributed by atoms with Crippen LogP contribution < -0.4 is 10.6 Å². The molecule has 0 fully saturated rings. The Hall–Kier alpha value is -1.35. The van der Waals surface area contributed by atoms with Crippen molar-refractivity contribution in [3.8, 4) is 0 Å². The van der Waals surface area contributed by atoms with E-state index < -0.39 is 0 Å². The molecule has 1 unspecified atom stereocenters. The quantitative estimate of drug-likeness (QED) is 0.239. The van der Waals surface area contributed by atoms with Gasteiger partial charge in [-0.05, 0) is 44.7 Å². The molecule has 0 radical (unpaired) electrons. The second kappa shape index (κ2) is 12.4. The molecule has 2 heterocycles. The fraction of sp³-hybridized carbons (Fsp3) is 0.571. The summed E-state index contributed by atoms with van der Waals surface area (Å²) >= 11 is 6.32. The number of hydrogen-bond donors (Lipinski definition) is 2. The second-order valence-corrected chi connectivity index (χ2v) is 7.65. The summed E-state index contributed by atoms with van der Waals surface area (Å²) in [5, 5.41) is 16.3. The molecule has 1 aliphatic heterocycles. The Kier molecular flexibility index (Phi) is 10.2. The molecule has 3 rings (SSSR count). The molecule has 1 aromatic heterocycles. The van der Waals surface area contributed by atoms with Gasteiger partial charge in [-0.3, -0.25) is 4.99 Å². The molecule has 0 saturated carbocycles. The van der Waals surface area contributed by atoms with Crippen molar-refractivity contribution >= 4 is 41.5 Å². The number of aryl methyl sites for hydroxylation is 2. The van der Waals surface area contributed by atoms with Crippen molar-refractivity contribution in [1.29, 1.82) is 0 Å². The minimum atomic E-state index is 0. The van der Waals surface area contributed by atoms with Crippen molar-refractivity contribution in [2.45, 2.75) is 65.0 Å². The lowest BCUT2D eigenvalue weighted by Crippen LogP contribution is -2.38. The highest BCUT2D eigenvalue weighted by Crippen LogP contribution is 2.22. The Bertz CT molecular complexity index is 791. The smallest absolute Gasteiger partial charge is 0.191 e. The third kappa shape index (κ3) is 6.84. The molecule has 29 heavy (non-hydrogen) atoms. The Morgan fingerprint density at radius 3 is 2.86 bits per heavy atom. The van der Waals surface area contributed by atoms with Crippen LogP contribution in [0.15, 0.2) is 29.3 Å². The molecule has 0 spiro atoms. The minimum Gasteiger partial charge on any atom is -0.357 e.